The van der Waals surface area contributed by atoms with E-state index in [1.807, 2.05) is 38.1 Å². The van der Waals surface area contributed by atoms with Crippen LogP contribution in [-0.4, -0.2) is 42.8 Å². The lowest BCUT2D eigenvalue weighted by atomic mass is 9.86. The van der Waals surface area contributed by atoms with Crippen molar-refractivity contribution in [2.45, 2.75) is 39.2 Å². The third-order valence-electron chi connectivity index (χ3n) is 4.58. The molecule has 0 radical (unpaired) electrons. The molecule has 1 aromatic rings. The van der Waals surface area contributed by atoms with Crippen molar-refractivity contribution in [3.63, 3.8) is 0 Å². The fourth-order valence-electron chi connectivity index (χ4n) is 3.07. The summed E-state index contributed by atoms with van der Waals surface area (Å²) < 4.78 is 11.1. The van der Waals surface area contributed by atoms with E-state index in [2.05, 4.69) is 5.32 Å². The van der Waals surface area contributed by atoms with Crippen LogP contribution in [0.2, 0.25) is 0 Å². The van der Waals surface area contributed by atoms with E-state index in [4.69, 9.17) is 9.47 Å². The van der Waals surface area contributed by atoms with Crippen molar-refractivity contribution in [2.75, 3.05) is 19.8 Å². The molecule has 2 N–H and O–H groups in total. The normalized spacial score (nSPS) is 17.5. The first kappa shape index (κ1) is 19.2. The number of amides is 1. The number of carbonyl (C=O) groups is 2. The molecule has 2 atom stereocenters. The fraction of sp³-hybridized carbons (Fsp3) is 0.579. The molecule has 0 aliphatic carbocycles. The molecule has 0 bridgehead atoms. The van der Waals surface area contributed by atoms with Crippen LogP contribution in [0.1, 0.15) is 31.7 Å². The fourth-order valence-corrected chi connectivity index (χ4v) is 3.07. The van der Waals surface area contributed by atoms with Crippen LogP contribution in [0.3, 0.4) is 0 Å². The second-order valence-electron chi connectivity index (χ2n) is 6.47. The molecule has 1 aromatic carbocycles. The Morgan fingerprint density at radius 1 is 1.36 bits per heavy atom. The monoisotopic (exact) mass is 349 g/mol. The van der Waals surface area contributed by atoms with E-state index in [1.165, 1.54) is 0 Å². The van der Waals surface area contributed by atoms with Crippen LogP contribution >= 0.6 is 0 Å². The zero-order valence-electron chi connectivity index (χ0n) is 14.9. The summed E-state index contributed by atoms with van der Waals surface area (Å²) in [5.74, 6) is -1.07. The zero-order chi connectivity index (χ0) is 18.2. The molecule has 2 unspecified atom stereocenters. The van der Waals surface area contributed by atoms with Crippen molar-refractivity contribution in [1.82, 2.24) is 5.32 Å². The summed E-state index contributed by atoms with van der Waals surface area (Å²) >= 11 is 0. The second kappa shape index (κ2) is 9.42. The summed E-state index contributed by atoms with van der Waals surface area (Å²) in [5.41, 5.74) is 1.05. The number of aryl methyl sites for hydroxylation is 1. The molecule has 0 aromatic heterocycles. The lowest BCUT2D eigenvalue weighted by molar-refractivity contribution is -0.145. The van der Waals surface area contributed by atoms with Crippen molar-refractivity contribution >= 4 is 11.9 Å². The average Bonchev–Trinajstić information content (AvgIpc) is 2.60. The summed E-state index contributed by atoms with van der Waals surface area (Å²) in [4.78, 5) is 24.0. The number of hydrogen-bond donors (Lipinski definition) is 2. The molecule has 6 heteroatoms. The standard InChI is InChI=1S/C19H27NO5/c1-3-17(25-15-6-4-5-13(2)11-15)18(21)20-12-16(19(22)23)14-7-9-24-10-8-14/h4-6,11,14,16-17H,3,7-10,12H2,1-2H3,(H,20,21)(H,22,23). The minimum Gasteiger partial charge on any atom is -0.481 e. The number of nitrogens with one attached hydrogen (secondary N) is 1. The van der Waals surface area contributed by atoms with Crippen LogP contribution in [0.15, 0.2) is 24.3 Å². The minimum atomic E-state index is -0.875. The van der Waals surface area contributed by atoms with Crippen LogP contribution < -0.4 is 10.1 Å². The third-order valence-corrected chi connectivity index (χ3v) is 4.58. The number of carboxylic acid groups (broad SMARTS) is 1. The van der Waals surface area contributed by atoms with E-state index >= 15 is 0 Å². The van der Waals surface area contributed by atoms with Gasteiger partial charge < -0.3 is 19.9 Å². The Morgan fingerprint density at radius 2 is 2.08 bits per heavy atom. The first-order valence-corrected chi connectivity index (χ1v) is 8.82. The quantitative estimate of drug-likeness (QED) is 0.753. The van der Waals surface area contributed by atoms with Gasteiger partial charge in [0.2, 0.25) is 0 Å². The van der Waals surface area contributed by atoms with Crippen LogP contribution in [0.5, 0.6) is 5.75 Å². The van der Waals surface area contributed by atoms with Gasteiger partial charge in [0.15, 0.2) is 6.10 Å². The highest BCUT2D eigenvalue weighted by Crippen LogP contribution is 2.24. The van der Waals surface area contributed by atoms with E-state index in [-0.39, 0.29) is 18.4 Å². The van der Waals surface area contributed by atoms with Gasteiger partial charge in [-0.3, -0.25) is 9.59 Å². The van der Waals surface area contributed by atoms with Gasteiger partial charge in [-0.2, -0.15) is 0 Å². The Balaban J connectivity index is 1.92. The van der Waals surface area contributed by atoms with E-state index in [0.717, 1.165) is 5.56 Å². The van der Waals surface area contributed by atoms with Crippen LogP contribution in [0.4, 0.5) is 0 Å². The Labute approximate surface area is 148 Å². The topological polar surface area (TPSA) is 84.9 Å². The van der Waals surface area contributed by atoms with Gasteiger partial charge >= 0.3 is 5.97 Å². The van der Waals surface area contributed by atoms with Gasteiger partial charge in [-0.15, -0.1) is 0 Å². The molecular formula is C19H27NO5. The van der Waals surface area contributed by atoms with Crippen molar-refractivity contribution in [3.05, 3.63) is 29.8 Å². The number of carboxylic acids is 1. The lowest BCUT2D eigenvalue weighted by Crippen LogP contribution is -2.44. The number of aliphatic carboxylic acids is 1. The lowest BCUT2D eigenvalue weighted by Gasteiger charge is -2.28. The second-order valence-corrected chi connectivity index (χ2v) is 6.47. The Bertz CT molecular complexity index is 583. The maximum absolute atomic E-state index is 12.4. The molecule has 1 aliphatic heterocycles. The Hall–Kier alpha value is -2.08. The molecule has 1 saturated heterocycles. The molecule has 2 rings (SSSR count). The van der Waals surface area contributed by atoms with E-state index in [0.29, 0.717) is 38.2 Å². The molecule has 138 valence electrons. The van der Waals surface area contributed by atoms with Gasteiger partial charge in [-0.1, -0.05) is 19.1 Å². The number of ether oxygens (including phenoxy) is 2. The van der Waals surface area contributed by atoms with Crippen molar-refractivity contribution < 1.29 is 24.2 Å². The molecule has 1 heterocycles. The highest BCUT2D eigenvalue weighted by Gasteiger charge is 2.31. The average molecular weight is 349 g/mol. The van der Waals surface area contributed by atoms with Gasteiger partial charge in [0.05, 0.1) is 5.92 Å². The van der Waals surface area contributed by atoms with Gasteiger partial charge in [0.25, 0.3) is 5.91 Å². The SMILES string of the molecule is CCC(Oc1cccc(C)c1)C(=O)NCC(C(=O)O)C1CCOCC1. The Morgan fingerprint density at radius 3 is 2.68 bits per heavy atom. The molecule has 0 saturated carbocycles. The third kappa shape index (κ3) is 5.74. The molecular weight excluding hydrogens is 322 g/mol. The van der Waals surface area contributed by atoms with E-state index in [9.17, 15) is 14.7 Å². The van der Waals surface area contributed by atoms with Crippen molar-refractivity contribution in [1.29, 1.82) is 0 Å². The molecule has 6 nitrogen and oxygen atoms in total. The van der Waals surface area contributed by atoms with Gasteiger partial charge in [0.1, 0.15) is 5.75 Å². The molecule has 0 spiro atoms. The van der Waals surface area contributed by atoms with E-state index < -0.39 is 18.0 Å². The predicted octanol–water partition coefficient (Wildman–Crippen LogP) is 2.40. The number of benzene rings is 1. The van der Waals surface area contributed by atoms with Crippen molar-refractivity contribution in [3.8, 4) is 5.75 Å². The first-order chi connectivity index (χ1) is 12.0. The Kier molecular flexibility index (Phi) is 7.25. The van der Waals surface area contributed by atoms with Gasteiger partial charge in [0, 0.05) is 19.8 Å². The van der Waals surface area contributed by atoms with Crippen LogP contribution in [0, 0.1) is 18.8 Å². The van der Waals surface area contributed by atoms with Crippen molar-refractivity contribution in [2.24, 2.45) is 11.8 Å². The summed E-state index contributed by atoms with van der Waals surface area (Å²) in [5, 5.41) is 12.2. The molecule has 1 aliphatic rings. The number of rotatable bonds is 8. The molecule has 1 fully saturated rings. The summed E-state index contributed by atoms with van der Waals surface area (Å²) in [6, 6.07) is 7.52. The zero-order valence-corrected chi connectivity index (χ0v) is 14.9. The molecule has 1 amide bonds. The molecule has 25 heavy (non-hydrogen) atoms. The predicted molar refractivity (Wildman–Crippen MR) is 93.6 cm³/mol. The number of carbonyl (C=O) groups excluding carboxylic acids is 1. The largest absolute Gasteiger partial charge is 0.481 e. The summed E-state index contributed by atoms with van der Waals surface area (Å²) in [7, 11) is 0. The summed E-state index contributed by atoms with van der Waals surface area (Å²) in [6.45, 7) is 5.10. The van der Waals surface area contributed by atoms with Crippen LogP contribution in [0.25, 0.3) is 0 Å². The highest BCUT2D eigenvalue weighted by molar-refractivity contribution is 5.81. The van der Waals surface area contributed by atoms with Gasteiger partial charge in [-0.05, 0) is 49.8 Å². The number of hydrogen-bond acceptors (Lipinski definition) is 4. The van der Waals surface area contributed by atoms with Crippen LogP contribution in [-0.2, 0) is 14.3 Å². The van der Waals surface area contributed by atoms with Gasteiger partial charge in [-0.25, -0.2) is 0 Å². The van der Waals surface area contributed by atoms with E-state index in [1.54, 1.807) is 0 Å². The smallest absolute Gasteiger partial charge is 0.308 e. The minimum absolute atomic E-state index is 0.0318. The maximum atomic E-state index is 12.4. The highest BCUT2D eigenvalue weighted by atomic mass is 16.5. The first-order valence-electron chi connectivity index (χ1n) is 8.82. The summed E-state index contributed by atoms with van der Waals surface area (Å²) in [6.07, 6.45) is 1.30. The maximum Gasteiger partial charge on any atom is 0.308 e.